The lowest BCUT2D eigenvalue weighted by atomic mass is 9.88. The van der Waals surface area contributed by atoms with Gasteiger partial charge in [0.1, 0.15) is 18.2 Å². The molecule has 3 aromatic carbocycles. The minimum atomic E-state index is -1.12. The van der Waals surface area contributed by atoms with Gasteiger partial charge in [-0.2, -0.15) is 0 Å². The molecule has 1 aliphatic rings. The van der Waals surface area contributed by atoms with Crippen LogP contribution in [0.25, 0.3) is 0 Å². The van der Waals surface area contributed by atoms with Crippen LogP contribution in [-0.4, -0.2) is 35.2 Å². The summed E-state index contributed by atoms with van der Waals surface area (Å²) in [7, 11) is 0. The van der Waals surface area contributed by atoms with Gasteiger partial charge in [0.05, 0.1) is 6.04 Å². The van der Waals surface area contributed by atoms with Crippen LogP contribution < -0.4 is 4.74 Å². The van der Waals surface area contributed by atoms with E-state index in [1.807, 2.05) is 24.3 Å². The molecule has 170 valence electrons. The molecule has 0 aromatic heterocycles. The molecule has 1 atom stereocenters. The summed E-state index contributed by atoms with van der Waals surface area (Å²) in [4.78, 5) is 25.8. The Morgan fingerprint density at radius 3 is 2.61 bits per heavy atom. The zero-order valence-electron chi connectivity index (χ0n) is 17.5. The number of nitrogens with zero attached hydrogens (tertiary/aromatic N) is 1. The molecule has 1 heterocycles. The summed E-state index contributed by atoms with van der Waals surface area (Å²) in [5.41, 5.74) is 2.71. The highest BCUT2D eigenvalue weighted by molar-refractivity contribution is 6.30. The zero-order chi connectivity index (χ0) is 23.4. The van der Waals surface area contributed by atoms with Crippen LogP contribution in [0.15, 0.2) is 66.7 Å². The summed E-state index contributed by atoms with van der Waals surface area (Å²) in [5.74, 6) is -1.28. The van der Waals surface area contributed by atoms with E-state index in [-0.39, 0.29) is 12.2 Å². The second-order valence-corrected chi connectivity index (χ2v) is 7.99. The van der Waals surface area contributed by atoms with Crippen LogP contribution >= 0.6 is 11.6 Å². The molecule has 33 heavy (non-hydrogen) atoms. The Balaban J connectivity index is 1.69. The monoisotopic (exact) mass is 469 g/mol. The Labute approximate surface area is 195 Å². The molecule has 1 amide bonds. The van der Waals surface area contributed by atoms with E-state index in [2.05, 4.69) is 0 Å². The fraction of sp³-hybridized carbons (Fsp3) is 0.200. The van der Waals surface area contributed by atoms with Crippen LogP contribution in [0.2, 0.25) is 5.02 Å². The summed E-state index contributed by atoms with van der Waals surface area (Å²) in [6.07, 6.45) is -0.0187. The van der Waals surface area contributed by atoms with Crippen LogP contribution in [-0.2, 0) is 22.6 Å². The van der Waals surface area contributed by atoms with E-state index in [0.717, 1.165) is 11.1 Å². The first-order valence-electron chi connectivity index (χ1n) is 10.3. The first-order chi connectivity index (χ1) is 15.9. The van der Waals surface area contributed by atoms with Crippen molar-refractivity contribution in [2.75, 3.05) is 13.2 Å². The minimum absolute atomic E-state index is 0.214. The molecule has 1 unspecified atom stereocenters. The van der Waals surface area contributed by atoms with Gasteiger partial charge >= 0.3 is 12.1 Å². The standard InChI is InChI=1S/C25H21ClFNO5/c26-18-9-10-22(32-15-23(29)30)20(13-18)24-19-7-3-1-5-16(19)11-12-28(24)25(31)33-14-17-6-2-4-8-21(17)27/h1-10,13,24H,11-12,14-15H2,(H,29,30). The Morgan fingerprint density at radius 1 is 1.06 bits per heavy atom. The number of aliphatic carboxylic acids is 1. The van der Waals surface area contributed by atoms with Crippen molar-refractivity contribution in [2.45, 2.75) is 19.1 Å². The molecule has 0 spiro atoms. The maximum atomic E-state index is 14.0. The summed E-state index contributed by atoms with van der Waals surface area (Å²) in [6, 6.07) is 18.0. The molecule has 1 N–H and O–H groups in total. The van der Waals surface area contributed by atoms with Gasteiger partial charge in [-0.05, 0) is 41.8 Å². The van der Waals surface area contributed by atoms with E-state index in [9.17, 15) is 14.0 Å². The third-order valence-corrected chi connectivity index (χ3v) is 5.68. The Bertz CT molecular complexity index is 1180. The fourth-order valence-electron chi connectivity index (χ4n) is 3.94. The number of rotatable bonds is 6. The van der Waals surface area contributed by atoms with Crippen LogP contribution in [0.1, 0.15) is 28.3 Å². The van der Waals surface area contributed by atoms with E-state index < -0.39 is 30.5 Å². The lowest BCUT2D eigenvalue weighted by Crippen LogP contribution is -2.41. The number of carbonyl (C=O) groups excluding carboxylic acids is 1. The van der Waals surface area contributed by atoms with Gasteiger partial charge < -0.3 is 14.6 Å². The van der Waals surface area contributed by atoms with Gasteiger partial charge in [0, 0.05) is 22.7 Å². The largest absolute Gasteiger partial charge is 0.482 e. The number of carbonyl (C=O) groups is 2. The summed E-state index contributed by atoms with van der Waals surface area (Å²) in [6.45, 7) is -0.405. The molecule has 0 radical (unpaired) electrons. The molecule has 4 rings (SSSR count). The molecule has 0 fully saturated rings. The van der Waals surface area contributed by atoms with Crippen molar-refractivity contribution in [2.24, 2.45) is 0 Å². The highest BCUT2D eigenvalue weighted by Crippen LogP contribution is 2.40. The van der Waals surface area contributed by atoms with E-state index in [0.29, 0.717) is 29.3 Å². The maximum Gasteiger partial charge on any atom is 0.410 e. The number of hydrogen-bond acceptors (Lipinski definition) is 4. The van der Waals surface area contributed by atoms with Crippen molar-refractivity contribution in [3.63, 3.8) is 0 Å². The lowest BCUT2D eigenvalue weighted by molar-refractivity contribution is -0.139. The van der Waals surface area contributed by atoms with Gasteiger partial charge in [-0.3, -0.25) is 4.90 Å². The molecule has 8 heteroatoms. The minimum Gasteiger partial charge on any atom is -0.482 e. The van der Waals surface area contributed by atoms with E-state index in [1.54, 1.807) is 36.4 Å². The highest BCUT2D eigenvalue weighted by Gasteiger charge is 2.35. The Kier molecular flexibility index (Phi) is 6.79. The van der Waals surface area contributed by atoms with Gasteiger partial charge in [-0.15, -0.1) is 0 Å². The number of hydrogen-bond donors (Lipinski definition) is 1. The van der Waals surface area contributed by atoms with E-state index >= 15 is 0 Å². The van der Waals surface area contributed by atoms with Crippen molar-refractivity contribution in [3.8, 4) is 5.75 Å². The average molecular weight is 470 g/mol. The van der Waals surface area contributed by atoms with Crippen LogP contribution in [0.4, 0.5) is 9.18 Å². The normalized spacial score (nSPS) is 15.0. The number of benzene rings is 3. The van der Waals surface area contributed by atoms with Crippen molar-refractivity contribution < 1.29 is 28.6 Å². The van der Waals surface area contributed by atoms with E-state index in [4.69, 9.17) is 26.2 Å². The Hall–Kier alpha value is -3.58. The highest BCUT2D eigenvalue weighted by atomic mass is 35.5. The maximum absolute atomic E-state index is 14.0. The lowest BCUT2D eigenvalue weighted by Gasteiger charge is -2.37. The third-order valence-electron chi connectivity index (χ3n) is 5.44. The first kappa shape index (κ1) is 22.6. The van der Waals surface area contributed by atoms with Gasteiger partial charge in [0.25, 0.3) is 0 Å². The summed E-state index contributed by atoms with van der Waals surface area (Å²) < 4.78 is 25.0. The number of fused-ring (bicyclic) bond motifs is 1. The molecular weight excluding hydrogens is 449 g/mol. The average Bonchev–Trinajstić information content (AvgIpc) is 2.81. The number of halogens is 2. The number of carboxylic acid groups (broad SMARTS) is 1. The third kappa shape index (κ3) is 5.09. The molecule has 0 bridgehead atoms. The predicted octanol–water partition coefficient (Wildman–Crippen LogP) is 5.23. The van der Waals surface area contributed by atoms with Crippen LogP contribution in [0.5, 0.6) is 5.75 Å². The number of carboxylic acids is 1. The molecule has 3 aromatic rings. The predicted molar refractivity (Wildman–Crippen MR) is 120 cm³/mol. The second-order valence-electron chi connectivity index (χ2n) is 7.56. The smallest absolute Gasteiger partial charge is 0.410 e. The van der Waals surface area contributed by atoms with Gasteiger partial charge in [-0.25, -0.2) is 14.0 Å². The topological polar surface area (TPSA) is 76.1 Å². The van der Waals surface area contributed by atoms with Crippen LogP contribution in [0.3, 0.4) is 0 Å². The molecule has 0 saturated carbocycles. The van der Waals surface area contributed by atoms with Crippen molar-refractivity contribution in [1.29, 1.82) is 0 Å². The first-order valence-corrected chi connectivity index (χ1v) is 10.7. The number of amides is 1. The van der Waals surface area contributed by atoms with Crippen molar-refractivity contribution in [3.05, 3.63) is 99.8 Å². The van der Waals surface area contributed by atoms with Crippen molar-refractivity contribution in [1.82, 2.24) is 4.90 Å². The molecule has 0 saturated heterocycles. The summed E-state index contributed by atoms with van der Waals surface area (Å²) >= 11 is 6.26. The van der Waals surface area contributed by atoms with Crippen molar-refractivity contribution >= 4 is 23.7 Å². The molecule has 6 nitrogen and oxygen atoms in total. The Morgan fingerprint density at radius 2 is 1.82 bits per heavy atom. The van der Waals surface area contributed by atoms with Gasteiger partial charge in [0.15, 0.2) is 6.61 Å². The quantitative estimate of drug-likeness (QED) is 0.535. The summed E-state index contributed by atoms with van der Waals surface area (Å²) in [5, 5.41) is 9.48. The molecule has 0 aliphatic carbocycles. The SMILES string of the molecule is O=C(O)COc1ccc(Cl)cc1C1c2ccccc2CCN1C(=O)OCc1ccccc1F. The van der Waals surface area contributed by atoms with Crippen LogP contribution in [0, 0.1) is 5.82 Å². The van der Waals surface area contributed by atoms with Gasteiger partial charge in [-0.1, -0.05) is 54.1 Å². The molecular formula is C25H21ClFNO5. The molecule has 1 aliphatic heterocycles. The second kappa shape index (κ2) is 9.92. The zero-order valence-corrected chi connectivity index (χ0v) is 18.3. The van der Waals surface area contributed by atoms with E-state index in [1.165, 1.54) is 11.0 Å². The number of ether oxygens (including phenoxy) is 2. The fourth-order valence-corrected chi connectivity index (χ4v) is 4.12. The van der Waals surface area contributed by atoms with Gasteiger partial charge in [0.2, 0.25) is 0 Å².